The van der Waals surface area contributed by atoms with Gasteiger partial charge in [0, 0.05) is 51.3 Å². The van der Waals surface area contributed by atoms with E-state index in [1.165, 1.54) is 6.07 Å². The summed E-state index contributed by atoms with van der Waals surface area (Å²) in [5.74, 6) is 1.89. The van der Waals surface area contributed by atoms with E-state index in [9.17, 15) is 13.2 Å². The Morgan fingerprint density at radius 2 is 2.12 bits per heavy atom. The molecule has 7 nitrogen and oxygen atoms in total. The molecule has 0 radical (unpaired) electrons. The minimum absolute atomic E-state index is 0. The number of hydrogen-bond acceptors (Lipinski definition) is 4. The molecule has 1 saturated heterocycles. The molecule has 2 aromatic heterocycles. The number of alkyl halides is 3. The average Bonchev–Trinajstić information content (AvgIpc) is 3.27. The monoisotopic (exact) mass is 565 g/mol. The second-order valence-corrected chi connectivity index (χ2v) is 7.74. The van der Waals surface area contributed by atoms with Crippen LogP contribution in [0.3, 0.4) is 0 Å². The fourth-order valence-electron chi connectivity index (χ4n) is 3.67. The fraction of sp³-hybridized carbons (Fsp3) is 0.571. The number of pyridine rings is 1. The lowest BCUT2D eigenvalue weighted by atomic mass is 9.93. The Kier molecular flexibility index (Phi) is 10.0. The third-order valence-electron chi connectivity index (χ3n) is 5.45. The first-order chi connectivity index (χ1) is 14.9. The molecule has 1 aliphatic rings. The Bertz CT molecular complexity index is 825. The van der Waals surface area contributed by atoms with E-state index in [0.29, 0.717) is 30.9 Å². The first-order valence-electron chi connectivity index (χ1n) is 10.7. The van der Waals surface area contributed by atoms with Crippen molar-refractivity contribution in [1.29, 1.82) is 0 Å². The number of nitrogens with one attached hydrogen (secondary N) is 2. The van der Waals surface area contributed by atoms with Crippen molar-refractivity contribution in [3.63, 3.8) is 0 Å². The van der Waals surface area contributed by atoms with Gasteiger partial charge in [-0.3, -0.25) is 4.99 Å². The van der Waals surface area contributed by atoms with E-state index >= 15 is 0 Å². The Labute approximate surface area is 203 Å². The highest BCUT2D eigenvalue weighted by atomic mass is 127. The molecule has 1 fully saturated rings. The van der Waals surface area contributed by atoms with Crippen LogP contribution in [0.25, 0.3) is 0 Å². The zero-order valence-corrected chi connectivity index (χ0v) is 20.7. The van der Waals surface area contributed by atoms with Crippen LogP contribution < -0.4 is 10.6 Å². The van der Waals surface area contributed by atoms with Gasteiger partial charge in [-0.1, -0.05) is 6.92 Å². The minimum Gasteiger partial charge on any atom is -0.370 e. The van der Waals surface area contributed by atoms with Gasteiger partial charge in [0.05, 0.1) is 17.9 Å². The van der Waals surface area contributed by atoms with Crippen LogP contribution in [0.1, 0.15) is 38.3 Å². The number of hydrogen-bond donors (Lipinski definition) is 2. The van der Waals surface area contributed by atoms with Gasteiger partial charge in [-0.25, -0.2) is 9.97 Å². The van der Waals surface area contributed by atoms with Crippen molar-refractivity contribution in [3.8, 4) is 0 Å². The molecule has 2 atom stereocenters. The molecule has 0 saturated carbocycles. The Morgan fingerprint density at radius 3 is 2.75 bits per heavy atom. The molecule has 11 heteroatoms. The summed E-state index contributed by atoms with van der Waals surface area (Å²) in [7, 11) is 0. The van der Waals surface area contributed by atoms with E-state index in [0.717, 1.165) is 50.7 Å². The molecule has 0 bridgehead atoms. The van der Waals surface area contributed by atoms with Crippen molar-refractivity contribution in [3.05, 3.63) is 42.6 Å². The third-order valence-corrected chi connectivity index (χ3v) is 5.45. The standard InChI is InChI=1S/C21H30F3N7.HI/c1-3-26-20(30-11-7-16(2)18(14-30)31-12-10-25-15-31)28-9-4-8-27-19-6-5-17(13-29-19)21(22,23)24;/h5-6,10,12-13,15-16,18H,3-4,7-9,11,14H2,1-2H3,(H,26,28)(H,27,29);1H. The van der Waals surface area contributed by atoms with E-state index in [1.54, 1.807) is 0 Å². The number of nitrogens with zero attached hydrogens (tertiary/aromatic N) is 5. The zero-order chi connectivity index (χ0) is 22.3. The van der Waals surface area contributed by atoms with Gasteiger partial charge in [0.1, 0.15) is 5.82 Å². The highest BCUT2D eigenvalue weighted by Gasteiger charge is 2.31. The highest BCUT2D eigenvalue weighted by molar-refractivity contribution is 14.0. The molecule has 0 aromatic carbocycles. The second-order valence-electron chi connectivity index (χ2n) is 7.74. The highest BCUT2D eigenvalue weighted by Crippen LogP contribution is 2.29. The summed E-state index contributed by atoms with van der Waals surface area (Å²) in [6.45, 7) is 8.12. The summed E-state index contributed by atoms with van der Waals surface area (Å²) >= 11 is 0. The van der Waals surface area contributed by atoms with Crippen molar-refractivity contribution >= 4 is 35.8 Å². The van der Waals surface area contributed by atoms with E-state index in [2.05, 4.69) is 37.0 Å². The number of imidazole rings is 1. The largest absolute Gasteiger partial charge is 0.417 e. The number of aliphatic imine (C=N–C) groups is 1. The lowest BCUT2D eigenvalue weighted by molar-refractivity contribution is -0.137. The van der Waals surface area contributed by atoms with E-state index < -0.39 is 11.7 Å². The van der Waals surface area contributed by atoms with Crippen LogP contribution in [0.2, 0.25) is 0 Å². The van der Waals surface area contributed by atoms with Gasteiger partial charge in [-0.2, -0.15) is 13.2 Å². The predicted octanol–water partition coefficient (Wildman–Crippen LogP) is 4.27. The molecule has 0 aliphatic carbocycles. The van der Waals surface area contributed by atoms with E-state index in [-0.39, 0.29) is 24.0 Å². The van der Waals surface area contributed by atoms with Crippen LogP contribution in [0.5, 0.6) is 0 Å². The van der Waals surface area contributed by atoms with Crippen molar-refractivity contribution in [2.45, 2.75) is 38.9 Å². The van der Waals surface area contributed by atoms with Gasteiger partial charge in [-0.15, -0.1) is 24.0 Å². The minimum atomic E-state index is -4.37. The fourth-order valence-corrected chi connectivity index (χ4v) is 3.67. The Balaban J connectivity index is 0.00000363. The summed E-state index contributed by atoms with van der Waals surface area (Å²) in [5, 5.41) is 6.42. The van der Waals surface area contributed by atoms with Gasteiger partial charge in [0.2, 0.25) is 0 Å². The number of likely N-dealkylation sites (tertiary alicyclic amines) is 1. The van der Waals surface area contributed by atoms with Gasteiger partial charge < -0.3 is 20.1 Å². The first kappa shape index (κ1) is 26.2. The van der Waals surface area contributed by atoms with Crippen LogP contribution in [0, 0.1) is 5.92 Å². The predicted molar refractivity (Wildman–Crippen MR) is 130 cm³/mol. The number of piperidine rings is 1. The summed E-state index contributed by atoms with van der Waals surface area (Å²) in [4.78, 5) is 15.0. The molecule has 3 heterocycles. The molecule has 2 N–H and O–H groups in total. The maximum Gasteiger partial charge on any atom is 0.417 e. The summed E-state index contributed by atoms with van der Waals surface area (Å²) in [5.41, 5.74) is -0.747. The van der Waals surface area contributed by atoms with Crippen LogP contribution >= 0.6 is 24.0 Å². The SMILES string of the molecule is CCNC(=NCCCNc1ccc(C(F)(F)F)cn1)N1CCC(C)C(n2ccnc2)C1.I. The first-order valence-corrected chi connectivity index (χ1v) is 10.7. The number of rotatable bonds is 7. The van der Waals surface area contributed by atoms with E-state index in [4.69, 9.17) is 4.99 Å². The van der Waals surface area contributed by atoms with Gasteiger partial charge >= 0.3 is 6.18 Å². The molecule has 3 rings (SSSR count). The molecule has 32 heavy (non-hydrogen) atoms. The molecule has 1 aliphatic heterocycles. The van der Waals surface area contributed by atoms with Crippen molar-refractivity contribution < 1.29 is 13.2 Å². The maximum absolute atomic E-state index is 12.6. The van der Waals surface area contributed by atoms with Crippen LogP contribution in [-0.4, -0.2) is 58.1 Å². The number of guanidine groups is 1. The second kappa shape index (κ2) is 12.3. The van der Waals surface area contributed by atoms with Crippen molar-refractivity contribution in [2.75, 3.05) is 38.0 Å². The quantitative estimate of drug-likeness (QED) is 0.227. The Morgan fingerprint density at radius 1 is 1.31 bits per heavy atom. The molecule has 2 aromatic rings. The van der Waals surface area contributed by atoms with E-state index in [1.807, 2.05) is 25.6 Å². The van der Waals surface area contributed by atoms with Gasteiger partial charge in [-0.05, 0) is 37.8 Å². The topological polar surface area (TPSA) is 70.4 Å². The van der Waals surface area contributed by atoms with Crippen molar-refractivity contribution in [2.24, 2.45) is 10.9 Å². The summed E-state index contributed by atoms with van der Waals surface area (Å²) in [6, 6.07) is 2.74. The van der Waals surface area contributed by atoms with Crippen LogP contribution in [-0.2, 0) is 6.18 Å². The third kappa shape index (κ3) is 7.24. The summed E-state index contributed by atoms with van der Waals surface area (Å²) in [6.07, 6.45) is 3.99. The molecule has 178 valence electrons. The van der Waals surface area contributed by atoms with Gasteiger partial charge in [0.15, 0.2) is 5.96 Å². The van der Waals surface area contributed by atoms with Crippen LogP contribution in [0.4, 0.5) is 19.0 Å². The molecule has 0 amide bonds. The normalized spacial score (nSPS) is 19.4. The Hall–Kier alpha value is -2.05. The van der Waals surface area contributed by atoms with Gasteiger partial charge in [0.25, 0.3) is 0 Å². The lowest BCUT2D eigenvalue weighted by Crippen LogP contribution is -2.49. The van der Waals surface area contributed by atoms with Crippen molar-refractivity contribution in [1.82, 2.24) is 24.8 Å². The smallest absolute Gasteiger partial charge is 0.370 e. The number of aromatic nitrogens is 3. The molecular formula is C21H31F3IN7. The zero-order valence-electron chi connectivity index (χ0n) is 18.3. The molecule has 0 spiro atoms. The number of halogens is 4. The number of anilines is 1. The maximum atomic E-state index is 12.6. The summed E-state index contributed by atoms with van der Waals surface area (Å²) < 4.78 is 40.0. The molecule has 2 unspecified atom stereocenters. The average molecular weight is 565 g/mol. The van der Waals surface area contributed by atoms with Crippen LogP contribution in [0.15, 0.2) is 42.0 Å². The molecular weight excluding hydrogens is 534 g/mol. The lowest BCUT2D eigenvalue weighted by Gasteiger charge is -2.39.